The van der Waals surface area contributed by atoms with E-state index in [0.29, 0.717) is 17.7 Å². The molecule has 24 heavy (non-hydrogen) atoms. The minimum absolute atomic E-state index is 0.0406. The monoisotopic (exact) mass is 345 g/mol. The molecule has 0 aliphatic rings. The van der Waals surface area contributed by atoms with E-state index in [4.69, 9.17) is 4.42 Å². The molecule has 7 nitrogen and oxygen atoms in total. The van der Waals surface area contributed by atoms with Gasteiger partial charge in [-0.05, 0) is 45.3 Å². The summed E-state index contributed by atoms with van der Waals surface area (Å²) < 4.78 is 14.1. The van der Waals surface area contributed by atoms with Crippen LogP contribution in [0.4, 0.5) is 10.5 Å². The second kappa shape index (κ2) is 6.98. The van der Waals surface area contributed by atoms with Crippen LogP contribution in [0.25, 0.3) is 11.0 Å². The molecule has 0 saturated carbocycles. The number of hydrogen-bond donors (Lipinski definition) is 2. The number of likely N-dealkylation sites (N-methyl/N-ethyl adjacent to an activating group) is 1. The molecule has 2 aromatic heterocycles. The summed E-state index contributed by atoms with van der Waals surface area (Å²) in [5.74, 6) is 1.67. The van der Waals surface area contributed by atoms with Crippen LogP contribution in [-0.4, -0.2) is 40.3 Å². The number of nitrogens with one attached hydrogen (secondary N) is 2. The number of carbonyl (C=O) groups excluding carboxylic acids is 1. The summed E-state index contributed by atoms with van der Waals surface area (Å²) in [6.45, 7) is 2.33. The Kier molecular flexibility index (Phi) is 4.77. The molecular formula is C16H19N5O2S. The molecular weight excluding hydrogens is 326 g/mol. The Bertz CT molecular complexity index is 842. The van der Waals surface area contributed by atoms with Crippen LogP contribution in [0.2, 0.25) is 0 Å². The van der Waals surface area contributed by atoms with Crippen molar-refractivity contribution < 1.29 is 9.21 Å². The average Bonchev–Trinajstić information content (AvgIpc) is 3.17. The highest BCUT2D eigenvalue weighted by atomic mass is 32.1. The van der Waals surface area contributed by atoms with E-state index in [1.165, 1.54) is 0 Å². The van der Waals surface area contributed by atoms with Crippen molar-refractivity contribution in [3.63, 3.8) is 0 Å². The Morgan fingerprint density at radius 2 is 2.12 bits per heavy atom. The predicted octanol–water partition coefficient (Wildman–Crippen LogP) is 3.02. The van der Waals surface area contributed by atoms with Crippen molar-refractivity contribution in [1.82, 2.24) is 19.0 Å². The van der Waals surface area contributed by atoms with Gasteiger partial charge in [0.25, 0.3) is 0 Å². The minimum Gasteiger partial charge on any atom is -0.465 e. The standard InChI is InChI=1S/C16H19N5O2S/c1-10-7-8-14(23-10)13(21(2)3)9-17-16(22)18-11-5-4-6-12-15(11)20-24-19-12/h4-8,13H,9H2,1-3H3,(H2,17,18,22)/t13-/m1/s1. The number of furan rings is 1. The number of aromatic nitrogens is 2. The zero-order chi connectivity index (χ0) is 17.1. The largest absolute Gasteiger partial charge is 0.465 e. The minimum atomic E-state index is -0.286. The van der Waals surface area contributed by atoms with Crippen molar-refractivity contribution in [2.24, 2.45) is 0 Å². The number of amides is 2. The van der Waals surface area contributed by atoms with Gasteiger partial charge >= 0.3 is 6.03 Å². The quantitative estimate of drug-likeness (QED) is 0.743. The van der Waals surface area contributed by atoms with Gasteiger partial charge in [-0.2, -0.15) is 8.75 Å². The van der Waals surface area contributed by atoms with Crippen molar-refractivity contribution in [2.45, 2.75) is 13.0 Å². The fourth-order valence-corrected chi connectivity index (χ4v) is 2.98. The maximum Gasteiger partial charge on any atom is 0.319 e. The van der Waals surface area contributed by atoms with Crippen LogP contribution in [0, 0.1) is 6.92 Å². The lowest BCUT2D eigenvalue weighted by molar-refractivity contribution is 0.232. The number of hydrogen-bond acceptors (Lipinski definition) is 6. The van der Waals surface area contributed by atoms with Crippen molar-refractivity contribution in [1.29, 1.82) is 0 Å². The summed E-state index contributed by atoms with van der Waals surface area (Å²) in [7, 11) is 3.90. The maximum atomic E-state index is 12.2. The van der Waals surface area contributed by atoms with E-state index in [1.54, 1.807) is 0 Å². The number of anilines is 1. The number of fused-ring (bicyclic) bond motifs is 1. The van der Waals surface area contributed by atoms with Crippen LogP contribution >= 0.6 is 11.7 Å². The Morgan fingerprint density at radius 1 is 1.29 bits per heavy atom. The number of benzene rings is 1. The summed E-state index contributed by atoms with van der Waals surface area (Å²) in [6.07, 6.45) is 0. The number of carbonyl (C=O) groups is 1. The zero-order valence-electron chi connectivity index (χ0n) is 13.7. The Labute approximate surface area is 144 Å². The van der Waals surface area contributed by atoms with Crippen molar-refractivity contribution >= 4 is 34.5 Å². The molecule has 0 spiro atoms. The molecule has 2 heterocycles. The lowest BCUT2D eigenvalue weighted by Crippen LogP contribution is -2.36. The molecule has 1 aromatic carbocycles. The van der Waals surface area contributed by atoms with Gasteiger partial charge in [0.05, 0.1) is 23.5 Å². The number of urea groups is 1. The normalized spacial score (nSPS) is 12.5. The van der Waals surface area contributed by atoms with Crippen molar-refractivity contribution in [2.75, 3.05) is 26.0 Å². The number of rotatable bonds is 5. The van der Waals surface area contributed by atoms with Crippen LogP contribution in [0.3, 0.4) is 0 Å². The second-order valence-corrected chi connectivity index (χ2v) is 6.23. The first kappa shape index (κ1) is 16.4. The van der Waals surface area contributed by atoms with E-state index in [1.807, 2.05) is 56.3 Å². The second-order valence-electron chi connectivity index (χ2n) is 5.70. The van der Waals surface area contributed by atoms with Gasteiger partial charge in [-0.15, -0.1) is 0 Å². The summed E-state index contributed by atoms with van der Waals surface area (Å²) in [6, 6.07) is 9.04. The summed E-state index contributed by atoms with van der Waals surface area (Å²) in [5.41, 5.74) is 2.12. The third kappa shape index (κ3) is 3.55. The van der Waals surface area contributed by atoms with Gasteiger partial charge in [0, 0.05) is 6.54 Å². The Balaban J connectivity index is 1.65. The first-order chi connectivity index (χ1) is 11.5. The first-order valence-electron chi connectivity index (χ1n) is 7.53. The lowest BCUT2D eigenvalue weighted by Gasteiger charge is -2.22. The van der Waals surface area contributed by atoms with Gasteiger partial charge in [-0.3, -0.25) is 4.90 Å². The molecule has 1 atom stereocenters. The molecule has 0 fully saturated rings. The predicted molar refractivity (Wildman–Crippen MR) is 94.3 cm³/mol. The van der Waals surface area contributed by atoms with Gasteiger partial charge in [0.2, 0.25) is 0 Å². The highest BCUT2D eigenvalue weighted by Crippen LogP contribution is 2.22. The van der Waals surface area contributed by atoms with E-state index >= 15 is 0 Å². The van der Waals surface area contributed by atoms with E-state index in [0.717, 1.165) is 28.8 Å². The Morgan fingerprint density at radius 3 is 2.83 bits per heavy atom. The SMILES string of the molecule is Cc1ccc([C@@H](CNC(=O)Nc2cccc3nsnc23)N(C)C)o1. The molecule has 0 aliphatic heterocycles. The highest BCUT2D eigenvalue weighted by Gasteiger charge is 2.19. The summed E-state index contributed by atoms with van der Waals surface area (Å²) >= 11 is 1.13. The molecule has 126 valence electrons. The lowest BCUT2D eigenvalue weighted by atomic mass is 10.2. The third-order valence-electron chi connectivity index (χ3n) is 3.70. The fourth-order valence-electron chi connectivity index (χ4n) is 2.43. The van der Waals surface area contributed by atoms with E-state index in [9.17, 15) is 4.79 Å². The van der Waals surface area contributed by atoms with Crippen LogP contribution in [0.15, 0.2) is 34.7 Å². The molecule has 0 saturated heterocycles. The summed E-state index contributed by atoms with van der Waals surface area (Å²) in [4.78, 5) is 14.2. The van der Waals surface area contributed by atoms with Gasteiger partial charge < -0.3 is 15.1 Å². The molecule has 0 aliphatic carbocycles. The topological polar surface area (TPSA) is 83.3 Å². The maximum absolute atomic E-state index is 12.2. The molecule has 3 aromatic rings. The van der Waals surface area contributed by atoms with Gasteiger partial charge in [0.15, 0.2) is 0 Å². The Hall–Kier alpha value is -2.45. The van der Waals surface area contributed by atoms with Crippen LogP contribution < -0.4 is 10.6 Å². The van der Waals surface area contributed by atoms with Crippen LogP contribution in [-0.2, 0) is 0 Å². The first-order valence-corrected chi connectivity index (χ1v) is 8.26. The van der Waals surface area contributed by atoms with Gasteiger partial charge in [0.1, 0.15) is 22.6 Å². The number of nitrogens with zero attached hydrogens (tertiary/aromatic N) is 3. The van der Waals surface area contributed by atoms with Crippen molar-refractivity contribution in [3.05, 3.63) is 41.9 Å². The molecule has 2 N–H and O–H groups in total. The highest BCUT2D eigenvalue weighted by molar-refractivity contribution is 7.00. The van der Waals surface area contributed by atoms with Crippen LogP contribution in [0.1, 0.15) is 17.6 Å². The summed E-state index contributed by atoms with van der Waals surface area (Å²) in [5, 5.41) is 5.71. The average molecular weight is 345 g/mol. The third-order valence-corrected chi connectivity index (χ3v) is 4.25. The van der Waals surface area contributed by atoms with E-state index in [-0.39, 0.29) is 12.1 Å². The van der Waals surface area contributed by atoms with E-state index in [2.05, 4.69) is 19.4 Å². The number of aryl methyl sites for hydroxylation is 1. The molecule has 2 amide bonds. The fraction of sp³-hybridized carbons (Fsp3) is 0.312. The molecule has 8 heteroatoms. The smallest absolute Gasteiger partial charge is 0.319 e. The molecule has 0 radical (unpaired) electrons. The van der Waals surface area contributed by atoms with Gasteiger partial charge in [-0.25, -0.2) is 4.79 Å². The zero-order valence-corrected chi connectivity index (χ0v) is 14.6. The van der Waals surface area contributed by atoms with Gasteiger partial charge in [-0.1, -0.05) is 6.07 Å². The molecule has 0 unspecified atom stereocenters. The van der Waals surface area contributed by atoms with Crippen LogP contribution in [0.5, 0.6) is 0 Å². The van der Waals surface area contributed by atoms with E-state index < -0.39 is 0 Å². The van der Waals surface area contributed by atoms with Crippen molar-refractivity contribution in [3.8, 4) is 0 Å². The molecule has 3 rings (SSSR count). The molecule has 0 bridgehead atoms.